The van der Waals surface area contributed by atoms with Crippen molar-refractivity contribution in [3.63, 3.8) is 0 Å². The standard InChI is InChI=1S/C17H17ClN4O2S/c1-21(8-11-6-7-14(18)25-11)10-16-20-13-5-3-2-4-12(13)17(24)22(16)9-15(19)23/h2-7H,8-10H2,1H3,(H2,19,23)/p+1. The first-order valence-corrected chi connectivity index (χ1v) is 8.96. The van der Waals surface area contributed by atoms with Gasteiger partial charge >= 0.3 is 0 Å². The van der Waals surface area contributed by atoms with Gasteiger partial charge in [0.1, 0.15) is 19.6 Å². The smallest absolute Gasteiger partial charge is 0.262 e. The molecule has 0 saturated carbocycles. The van der Waals surface area contributed by atoms with Crippen LogP contribution >= 0.6 is 22.9 Å². The summed E-state index contributed by atoms with van der Waals surface area (Å²) < 4.78 is 2.12. The lowest BCUT2D eigenvalue weighted by molar-refractivity contribution is -0.908. The molecule has 0 spiro atoms. The van der Waals surface area contributed by atoms with Gasteiger partial charge in [0, 0.05) is 0 Å². The molecule has 3 N–H and O–H groups in total. The number of carbonyl (C=O) groups is 1. The first-order valence-electron chi connectivity index (χ1n) is 7.76. The number of hydrogen-bond donors (Lipinski definition) is 2. The monoisotopic (exact) mass is 377 g/mol. The Balaban J connectivity index is 1.95. The fourth-order valence-electron chi connectivity index (χ4n) is 2.74. The Labute approximate surface area is 153 Å². The molecule has 6 nitrogen and oxygen atoms in total. The molecule has 0 bridgehead atoms. The van der Waals surface area contributed by atoms with Gasteiger partial charge in [-0.1, -0.05) is 23.7 Å². The highest BCUT2D eigenvalue weighted by Gasteiger charge is 2.16. The van der Waals surface area contributed by atoms with E-state index >= 15 is 0 Å². The summed E-state index contributed by atoms with van der Waals surface area (Å²) in [4.78, 5) is 31.0. The second kappa shape index (κ2) is 7.35. The van der Waals surface area contributed by atoms with Crippen LogP contribution in [0, 0.1) is 0 Å². The van der Waals surface area contributed by atoms with Crippen LogP contribution in [0.1, 0.15) is 10.7 Å². The van der Waals surface area contributed by atoms with Crippen LogP contribution in [0.2, 0.25) is 4.34 Å². The number of carbonyl (C=O) groups excluding carboxylic acids is 1. The zero-order valence-corrected chi connectivity index (χ0v) is 15.2. The predicted molar refractivity (Wildman–Crippen MR) is 98.8 cm³/mol. The molecule has 130 valence electrons. The average molecular weight is 378 g/mol. The van der Waals surface area contributed by atoms with Gasteiger partial charge in [0.25, 0.3) is 5.56 Å². The van der Waals surface area contributed by atoms with E-state index in [1.807, 2.05) is 25.2 Å². The normalized spacial score (nSPS) is 12.4. The van der Waals surface area contributed by atoms with E-state index in [1.54, 1.807) is 18.2 Å². The molecule has 25 heavy (non-hydrogen) atoms. The van der Waals surface area contributed by atoms with Crippen molar-refractivity contribution in [2.45, 2.75) is 19.6 Å². The first-order chi connectivity index (χ1) is 11.9. The summed E-state index contributed by atoms with van der Waals surface area (Å²) in [6, 6.07) is 11.0. The molecule has 2 heterocycles. The van der Waals surface area contributed by atoms with Crippen LogP contribution in [0.15, 0.2) is 41.2 Å². The highest BCUT2D eigenvalue weighted by molar-refractivity contribution is 7.16. The van der Waals surface area contributed by atoms with E-state index in [0.717, 1.165) is 20.7 Å². The van der Waals surface area contributed by atoms with Gasteiger partial charge in [-0.05, 0) is 24.3 Å². The molecule has 1 unspecified atom stereocenters. The third kappa shape index (κ3) is 4.07. The van der Waals surface area contributed by atoms with E-state index in [0.29, 0.717) is 23.3 Å². The topological polar surface area (TPSA) is 82.4 Å². The molecular formula is C17H18ClN4O2S+. The summed E-state index contributed by atoms with van der Waals surface area (Å²) in [5.74, 6) is -0.0224. The molecule has 3 aromatic rings. The maximum absolute atomic E-state index is 12.7. The highest BCUT2D eigenvalue weighted by atomic mass is 35.5. The number of halogens is 1. The largest absolute Gasteiger partial charge is 0.368 e. The molecule has 1 aromatic carbocycles. The van der Waals surface area contributed by atoms with Crippen LogP contribution in [0.4, 0.5) is 0 Å². The molecule has 0 aliphatic rings. The summed E-state index contributed by atoms with van der Waals surface area (Å²) >= 11 is 7.50. The SMILES string of the molecule is C[NH+](Cc1ccc(Cl)s1)Cc1nc2ccccc2c(=O)n1CC(N)=O. The molecule has 8 heteroatoms. The summed E-state index contributed by atoms with van der Waals surface area (Å²) in [5.41, 5.74) is 5.69. The number of rotatable bonds is 6. The first kappa shape index (κ1) is 17.6. The Hall–Kier alpha value is -2.22. The van der Waals surface area contributed by atoms with E-state index in [2.05, 4.69) is 4.98 Å². The van der Waals surface area contributed by atoms with Gasteiger partial charge in [0.15, 0.2) is 5.82 Å². The number of benzene rings is 1. The highest BCUT2D eigenvalue weighted by Crippen LogP contribution is 2.20. The van der Waals surface area contributed by atoms with Gasteiger partial charge in [-0.15, -0.1) is 11.3 Å². The van der Waals surface area contributed by atoms with Gasteiger partial charge < -0.3 is 10.6 Å². The molecule has 1 amide bonds. The van der Waals surface area contributed by atoms with Crippen molar-refractivity contribution in [2.75, 3.05) is 7.05 Å². The van der Waals surface area contributed by atoms with Crippen LogP contribution in [0.3, 0.4) is 0 Å². The van der Waals surface area contributed by atoms with Crippen LogP contribution in [-0.2, 0) is 24.4 Å². The molecule has 1 atom stereocenters. The minimum absolute atomic E-state index is 0.176. The van der Waals surface area contributed by atoms with Crippen molar-refractivity contribution in [3.05, 3.63) is 61.8 Å². The van der Waals surface area contributed by atoms with E-state index in [1.165, 1.54) is 15.9 Å². The third-order valence-electron chi connectivity index (χ3n) is 3.82. The maximum atomic E-state index is 12.7. The van der Waals surface area contributed by atoms with E-state index in [-0.39, 0.29) is 12.1 Å². The lowest BCUT2D eigenvalue weighted by atomic mass is 10.2. The number of hydrogen-bond acceptors (Lipinski definition) is 4. The molecule has 0 aliphatic heterocycles. The number of nitrogens with two attached hydrogens (primary N) is 1. The summed E-state index contributed by atoms with van der Waals surface area (Å²) in [6.45, 7) is 1.06. The van der Waals surface area contributed by atoms with E-state index in [4.69, 9.17) is 17.3 Å². The van der Waals surface area contributed by atoms with Crippen molar-refractivity contribution in [2.24, 2.45) is 5.73 Å². The molecule has 0 fully saturated rings. The second-order valence-electron chi connectivity index (χ2n) is 5.92. The maximum Gasteiger partial charge on any atom is 0.262 e. The molecule has 0 radical (unpaired) electrons. The Morgan fingerprint density at radius 3 is 2.72 bits per heavy atom. The molecule has 2 aromatic heterocycles. The van der Waals surface area contributed by atoms with Gasteiger partial charge in [0.2, 0.25) is 5.91 Å². The lowest BCUT2D eigenvalue weighted by Crippen LogP contribution is -3.06. The number of nitrogens with one attached hydrogen (secondary N) is 1. The van der Waals surface area contributed by atoms with Crippen molar-refractivity contribution >= 4 is 39.7 Å². The number of fused-ring (bicyclic) bond motifs is 1. The quantitative estimate of drug-likeness (QED) is 0.667. The predicted octanol–water partition coefficient (Wildman–Crippen LogP) is 0.812. The van der Waals surface area contributed by atoms with Crippen molar-refractivity contribution in [3.8, 4) is 0 Å². The summed E-state index contributed by atoms with van der Waals surface area (Å²) in [7, 11) is 2.00. The second-order valence-corrected chi connectivity index (χ2v) is 7.72. The van der Waals surface area contributed by atoms with E-state index in [9.17, 15) is 9.59 Å². The number of aromatic nitrogens is 2. The van der Waals surface area contributed by atoms with Crippen molar-refractivity contribution < 1.29 is 9.69 Å². The van der Waals surface area contributed by atoms with Crippen molar-refractivity contribution in [1.82, 2.24) is 9.55 Å². The van der Waals surface area contributed by atoms with Gasteiger partial charge in [-0.2, -0.15) is 0 Å². The van der Waals surface area contributed by atoms with Crippen LogP contribution in [-0.4, -0.2) is 22.5 Å². The number of amides is 1. The van der Waals surface area contributed by atoms with Crippen LogP contribution in [0.5, 0.6) is 0 Å². The Morgan fingerprint density at radius 2 is 2.04 bits per heavy atom. The molecule has 3 rings (SSSR count). The number of primary amides is 1. The van der Waals surface area contributed by atoms with Crippen LogP contribution in [0.25, 0.3) is 10.9 Å². The number of thiophene rings is 1. The number of quaternary nitrogens is 1. The zero-order valence-electron chi connectivity index (χ0n) is 13.7. The Bertz CT molecular complexity index is 982. The van der Waals surface area contributed by atoms with Gasteiger partial charge in [-0.25, -0.2) is 4.98 Å². The third-order valence-corrected chi connectivity index (χ3v) is 5.05. The zero-order chi connectivity index (χ0) is 18.0. The Morgan fingerprint density at radius 1 is 1.28 bits per heavy atom. The Kier molecular flexibility index (Phi) is 5.17. The van der Waals surface area contributed by atoms with Crippen molar-refractivity contribution in [1.29, 1.82) is 0 Å². The molecule has 0 saturated heterocycles. The van der Waals surface area contributed by atoms with E-state index < -0.39 is 5.91 Å². The van der Waals surface area contributed by atoms with Gasteiger partial charge in [0.05, 0.1) is 27.2 Å². The lowest BCUT2D eigenvalue weighted by Gasteiger charge is -2.16. The molecule has 0 aliphatic carbocycles. The van der Waals surface area contributed by atoms with Gasteiger partial charge in [-0.3, -0.25) is 14.2 Å². The minimum Gasteiger partial charge on any atom is -0.368 e. The fraction of sp³-hybridized carbons (Fsp3) is 0.235. The molecular weight excluding hydrogens is 360 g/mol. The van der Waals surface area contributed by atoms with Crippen LogP contribution < -0.4 is 16.2 Å². The fourth-order valence-corrected chi connectivity index (χ4v) is 3.95. The number of para-hydroxylation sites is 1. The summed E-state index contributed by atoms with van der Waals surface area (Å²) in [5, 5.41) is 0.482. The average Bonchev–Trinajstić information content (AvgIpc) is 2.95. The summed E-state index contributed by atoms with van der Waals surface area (Å²) in [6.07, 6.45) is 0. The minimum atomic E-state index is -0.567. The number of nitrogens with zero attached hydrogens (tertiary/aromatic N) is 2.